The van der Waals surface area contributed by atoms with E-state index in [-0.39, 0.29) is 5.41 Å². The molecule has 0 spiro atoms. The molecule has 4 heterocycles. The highest BCUT2D eigenvalue weighted by atomic mass is 16.5. The van der Waals surface area contributed by atoms with Gasteiger partial charge in [-0.2, -0.15) is 9.50 Å². The van der Waals surface area contributed by atoms with Gasteiger partial charge in [-0.05, 0) is 32.0 Å². The normalized spacial score (nSPS) is 18.2. The summed E-state index contributed by atoms with van der Waals surface area (Å²) in [5, 5.41) is 17.5. The second-order valence-electron chi connectivity index (χ2n) is 9.03. The van der Waals surface area contributed by atoms with Gasteiger partial charge in [0.05, 0.1) is 6.54 Å². The third-order valence-electron chi connectivity index (χ3n) is 5.53. The van der Waals surface area contributed by atoms with E-state index in [0.29, 0.717) is 18.5 Å². The van der Waals surface area contributed by atoms with E-state index >= 15 is 0 Å². The standard InChI is InChI=1S/C19H26N8O/c1-19(2,3)18-22-21-15-7-8-16(23-27(15)18)26-9-13(10-26)25(4)11-14-20-17(28-24-14)12-5-6-12/h7-8,12-13H,5-6,9-11H2,1-4H3. The van der Waals surface area contributed by atoms with Crippen LogP contribution in [0.2, 0.25) is 0 Å². The minimum absolute atomic E-state index is 0.105. The summed E-state index contributed by atoms with van der Waals surface area (Å²) < 4.78 is 7.23. The zero-order valence-corrected chi connectivity index (χ0v) is 16.8. The summed E-state index contributed by atoms with van der Waals surface area (Å²) in [6.07, 6.45) is 2.35. The SMILES string of the molecule is CN(Cc1noc(C2CC2)n1)C1CN(c2ccc3nnc(C(C)(C)C)n3n2)C1. The number of rotatable bonds is 5. The molecule has 5 rings (SSSR count). The number of anilines is 1. The van der Waals surface area contributed by atoms with Crippen LogP contribution >= 0.6 is 0 Å². The van der Waals surface area contributed by atoms with Crippen LogP contribution in [0.25, 0.3) is 5.65 Å². The van der Waals surface area contributed by atoms with E-state index in [1.807, 2.05) is 16.6 Å². The molecule has 3 aromatic rings. The van der Waals surface area contributed by atoms with Gasteiger partial charge in [-0.15, -0.1) is 15.3 Å². The number of aromatic nitrogens is 6. The molecule has 0 atom stereocenters. The van der Waals surface area contributed by atoms with E-state index in [0.717, 1.165) is 42.1 Å². The number of hydrogen-bond donors (Lipinski definition) is 0. The minimum Gasteiger partial charge on any atom is -0.352 e. The summed E-state index contributed by atoms with van der Waals surface area (Å²) in [7, 11) is 2.11. The molecule has 0 unspecified atom stereocenters. The van der Waals surface area contributed by atoms with Crippen molar-refractivity contribution in [2.75, 3.05) is 25.0 Å². The Morgan fingerprint density at radius 1 is 1.18 bits per heavy atom. The number of likely N-dealkylation sites (N-methyl/N-ethyl adjacent to an activating group) is 1. The summed E-state index contributed by atoms with van der Waals surface area (Å²) in [5.41, 5.74) is 0.679. The zero-order chi connectivity index (χ0) is 19.5. The maximum absolute atomic E-state index is 5.36. The molecular weight excluding hydrogens is 356 g/mol. The molecule has 0 aromatic carbocycles. The lowest BCUT2D eigenvalue weighted by Gasteiger charge is -2.44. The molecular formula is C19H26N8O. The fraction of sp³-hybridized carbons (Fsp3) is 0.632. The summed E-state index contributed by atoms with van der Waals surface area (Å²) in [6.45, 7) is 8.93. The molecule has 2 fully saturated rings. The second-order valence-corrected chi connectivity index (χ2v) is 9.03. The average Bonchev–Trinajstić information content (AvgIpc) is 3.18. The Morgan fingerprint density at radius 2 is 1.96 bits per heavy atom. The van der Waals surface area contributed by atoms with Crippen LogP contribution in [0.1, 0.15) is 57.1 Å². The Hall–Kier alpha value is -2.55. The Labute approximate surface area is 163 Å². The number of hydrogen-bond acceptors (Lipinski definition) is 8. The lowest BCUT2D eigenvalue weighted by Crippen LogP contribution is -2.58. The number of nitrogens with zero attached hydrogens (tertiary/aromatic N) is 8. The van der Waals surface area contributed by atoms with Gasteiger partial charge >= 0.3 is 0 Å². The van der Waals surface area contributed by atoms with Crippen molar-refractivity contribution in [1.29, 1.82) is 0 Å². The third-order valence-corrected chi connectivity index (χ3v) is 5.53. The van der Waals surface area contributed by atoms with E-state index in [1.54, 1.807) is 0 Å². The molecule has 2 aliphatic rings. The maximum atomic E-state index is 5.36. The van der Waals surface area contributed by atoms with Crippen molar-refractivity contribution in [2.45, 2.75) is 57.5 Å². The van der Waals surface area contributed by atoms with Crippen LogP contribution in [0.15, 0.2) is 16.7 Å². The molecule has 28 heavy (non-hydrogen) atoms. The molecule has 148 valence electrons. The van der Waals surface area contributed by atoms with Crippen LogP contribution in [0.3, 0.4) is 0 Å². The van der Waals surface area contributed by atoms with Crippen LogP contribution in [0, 0.1) is 0 Å². The molecule has 9 heteroatoms. The smallest absolute Gasteiger partial charge is 0.229 e. The van der Waals surface area contributed by atoms with E-state index < -0.39 is 0 Å². The molecule has 0 bridgehead atoms. The van der Waals surface area contributed by atoms with Crippen molar-refractivity contribution in [3.63, 3.8) is 0 Å². The van der Waals surface area contributed by atoms with E-state index in [9.17, 15) is 0 Å². The highest BCUT2D eigenvalue weighted by molar-refractivity contribution is 5.48. The lowest BCUT2D eigenvalue weighted by molar-refractivity contribution is 0.190. The van der Waals surface area contributed by atoms with Crippen molar-refractivity contribution in [3.05, 3.63) is 29.7 Å². The zero-order valence-electron chi connectivity index (χ0n) is 16.8. The summed E-state index contributed by atoms with van der Waals surface area (Å²) in [5.74, 6) is 3.92. The van der Waals surface area contributed by atoms with Crippen molar-refractivity contribution in [3.8, 4) is 0 Å². The van der Waals surface area contributed by atoms with Gasteiger partial charge in [0.2, 0.25) is 5.89 Å². The van der Waals surface area contributed by atoms with E-state index in [4.69, 9.17) is 9.62 Å². The van der Waals surface area contributed by atoms with Gasteiger partial charge in [0, 0.05) is 30.5 Å². The first-order chi connectivity index (χ1) is 13.4. The average molecular weight is 382 g/mol. The second kappa shape index (κ2) is 6.23. The Bertz CT molecular complexity index is 993. The quantitative estimate of drug-likeness (QED) is 0.662. The summed E-state index contributed by atoms with van der Waals surface area (Å²) >= 11 is 0. The van der Waals surface area contributed by atoms with Crippen LogP contribution in [0.4, 0.5) is 5.82 Å². The molecule has 1 saturated heterocycles. The first-order valence-corrected chi connectivity index (χ1v) is 9.89. The molecule has 9 nitrogen and oxygen atoms in total. The topological polar surface area (TPSA) is 88.5 Å². The molecule has 3 aromatic heterocycles. The molecule has 1 aliphatic heterocycles. The largest absolute Gasteiger partial charge is 0.352 e. The lowest BCUT2D eigenvalue weighted by atomic mass is 9.96. The van der Waals surface area contributed by atoms with Crippen molar-refractivity contribution in [1.82, 2.24) is 34.9 Å². The molecule has 1 aliphatic carbocycles. The van der Waals surface area contributed by atoms with Crippen LogP contribution in [-0.2, 0) is 12.0 Å². The summed E-state index contributed by atoms with van der Waals surface area (Å²) in [4.78, 5) is 9.09. The first-order valence-electron chi connectivity index (χ1n) is 9.89. The van der Waals surface area contributed by atoms with Crippen LogP contribution in [0.5, 0.6) is 0 Å². The van der Waals surface area contributed by atoms with Gasteiger partial charge in [-0.1, -0.05) is 25.9 Å². The Balaban J connectivity index is 1.24. The van der Waals surface area contributed by atoms with Gasteiger partial charge in [-0.3, -0.25) is 4.90 Å². The predicted octanol–water partition coefficient (Wildman–Crippen LogP) is 2.00. The van der Waals surface area contributed by atoms with Crippen molar-refractivity contribution < 1.29 is 4.52 Å². The molecule has 1 saturated carbocycles. The maximum Gasteiger partial charge on any atom is 0.229 e. The van der Waals surface area contributed by atoms with Gasteiger partial charge in [-0.25, -0.2) is 0 Å². The fourth-order valence-corrected chi connectivity index (χ4v) is 3.52. The predicted molar refractivity (Wildman–Crippen MR) is 103 cm³/mol. The Kier molecular flexibility index (Phi) is 3.90. The van der Waals surface area contributed by atoms with Gasteiger partial charge < -0.3 is 9.42 Å². The van der Waals surface area contributed by atoms with Gasteiger partial charge in [0.15, 0.2) is 17.3 Å². The minimum atomic E-state index is -0.105. The fourth-order valence-electron chi connectivity index (χ4n) is 3.52. The highest BCUT2D eigenvalue weighted by Crippen LogP contribution is 2.38. The summed E-state index contributed by atoms with van der Waals surface area (Å²) in [6, 6.07) is 4.46. The number of fused-ring (bicyclic) bond motifs is 1. The third kappa shape index (κ3) is 3.13. The Morgan fingerprint density at radius 3 is 2.68 bits per heavy atom. The molecule has 0 radical (unpaired) electrons. The highest BCUT2D eigenvalue weighted by Gasteiger charge is 2.33. The van der Waals surface area contributed by atoms with E-state index in [2.05, 4.69) is 58.0 Å². The van der Waals surface area contributed by atoms with Gasteiger partial charge in [0.25, 0.3) is 0 Å². The molecule has 0 N–H and O–H groups in total. The van der Waals surface area contributed by atoms with Crippen molar-refractivity contribution in [2.24, 2.45) is 0 Å². The molecule has 0 amide bonds. The first kappa shape index (κ1) is 17.5. The monoisotopic (exact) mass is 382 g/mol. The van der Waals surface area contributed by atoms with Gasteiger partial charge in [0.1, 0.15) is 5.82 Å². The van der Waals surface area contributed by atoms with E-state index in [1.165, 1.54) is 12.8 Å². The van der Waals surface area contributed by atoms with Crippen molar-refractivity contribution >= 4 is 11.5 Å². The van der Waals surface area contributed by atoms with Crippen LogP contribution < -0.4 is 4.90 Å². The van der Waals surface area contributed by atoms with Crippen LogP contribution in [-0.4, -0.2) is 61.0 Å².